The normalized spacial score (nSPS) is 12.4. The van der Waals surface area contributed by atoms with E-state index in [-0.39, 0.29) is 6.42 Å². The van der Waals surface area contributed by atoms with Gasteiger partial charge in [0.1, 0.15) is 24.4 Å². The first-order valence-electron chi connectivity index (χ1n) is 8.04. The first kappa shape index (κ1) is 16.2. The lowest BCUT2D eigenvalue weighted by atomic mass is 10.2. The largest absolute Gasteiger partial charge is 0.550 e. The van der Waals surface area contributed by atoms with Crippen molar-refractivity contribution in [3.63, 3.8) is 0 Å². The molecule has 3 rings (SSSR count). The first-order valence-corrected chi connectivity index (χ1v) is 8.04. The first-order chi connectivity index (χ1) is 11.5. The number of aromatic nitrogens is 2. The smallest absolute Gasteiger partial charge is 0.137 e. The maximum atomic E-state index is 11.1. The van der Waals surface area contributed by atoms with Crippen LogP contribution in [0.2, 0.25) is 0 Å². The van der Waals surface area contributed by atoms with E-state index in [1.165, 1.54) is 10.5 Å². The van der Waals surface area contributed by atoms with Crippen LogP contribution in [0.15, 0.2) is 48.7 Å². The number of carbonyl (C=O) groups is 1. The highest BCUT2D eigenvalue weighted by Crippen LogP contribution is 2.14. The SMILES string of the molecule is Cc1ccc2nc(CC(=O)[O-])c(C[NH+](C)Cc3ccccc3)n2c1. The zero-order valence-electron chi connectivity index (χ0n) is 14.0. The molecule has 1 aromatic carbocycles. The Morgan fingerprint density at radius 1 is 1.17 bits per heavy atom. The van der Waals surface area contributed by atoms with Crippen molar-refractivity contribution in [3.8, 4) is 0 Å². The van der Waals surface area contributed by atoms with Gasteiger partial charge in [-0.2, -0.15) is 0 Å². The van der Waals surface area contributed by atoms with Crippen LogP contribution in [0, 0.1) is 6.92 Å². The summed E-state index contributed by atoms with van der Waals surface area (Å²) in [5.74, 6) is -1.10. The Morgan fingerprint density at radius 2 is 1.92 bits per heavy atom. The Hall–Kier alpha value is -2.66. The average Bonchev–Trinajstić information content (AvgIpc) is 2.84. The molecule has 2 heterocycles. The Bertz CT molecular complexity index is 856. The Morgan fingerprint density at radius 3 is 2.62 bits per heavy atom. The van der Waals surface area contributed by atoms with Crippen molar-refractivity contribution in [1.29, 1.82) is 0 Å². The van der Waals surface area contributed by atoms with Gasteiger partial charge in [0.2, 0.25) is 0 Å². The number of nitrogens with zero attached hydrogens (tertiary/aromatic N) is 2. The minimum absolute atomic E-state index is 0.158. The second kappa shape index (κ2) is 6.84. The van der Waals surface area contributed by atoms with Gasteiger partial charge in [-0.25, -0.2) is 4.98 Å². The molecule has 1 unspecified atom stereocenters. The van der Waals surface area contributed by atoms with E-state index in [0.29, 0.717) is 12.2 Å². The van der Waals surface area contributed by atoms with E-state index in [9.17, 15) is 9.90 Å². The van der Waals surface area contributed by atoms with Crippen molar-refractivity contribution in [3.05, 3.63) is 71.2 Å². The monoisotopic (exact) mass is 323 g/mol. The summed E-state index contributed by atoms with van der Waals surface area (Å²) in [4.78, 5) is 16.8. The topological polar surface area (TPSA) is 61.9 Å². The third-order valence-corrected chi connectivity index (χ3v) is 4.08. The predicted octanol–water partition coefficient (Wildman–Crippen LogP) is 0.150. The van der Waals surface area contributed by atoms with Gasteiger partial charge in [-0.15, -0.1) is 0 Å². The highest BCUT2D eigenvalue weighted by Gasteiger charge is 2.16. The molecular weight excluding hydrogens is 302 g/mol. The van der Waals surface area contributed by atoms with Crippen molar-refractivity contribution < 1.29 is 14.8 Å². The Balaban J connectivity index is 1.91. The number of imidazole rings is 1. The van der Waals surface area contributed by atoms with Crippen LogP contribution in [0.4, 0.5) is 0 Å². The minimum Gasteiger partial charge on any atom is -0.550 e. The number of hydrogen-bond acceptors (Lipinski definition) is 3. The molecule has 24 heavy (non-hydrogen) atoms. The molecule has 0 aliphatic carbocycles. The molecule has 0 aliphatic heterocycles. The molecule has 5 heteroatoms. The summed E-state index contributed by atoms with van der Waals surface area (Å²) < 4.78 is 2.00. The van der Waals surface area contributed by atoms with E-state index in [1.807, 2.05) is 47.9 Å². The lowest BCUT2D eigenvalue weighted by Crippen LogP contribution is -3.06. The fraction of sp³-hybridized carbons (Fsp3) is 0.263. The number of rotatable bonds is 6. The summed E-state index contributed by atoms with van der Waals surface area (Å²) in [5.41, 5.74) is 4.67. The maximum Gasteiger partial charge on any atom is 0.137 e. The van der Waals surface area contributed by atoms with Gasteiger partial charge < -0.3 is 14.8 Å². The van der Waals surface area contributed by atoms with Gasteiger partial charge in [-0.1, -0.05) is 36.4 Å². The number of benzene rings is 1. The second-order valence-electron chi connectivity index (χ2n) is 6.28. The molecule has 0 spiro atoms. The Labute approximate surface area is 141 Å². The van der Waals surface area contributed by atoms with Crippen LogP contribution < -0.4 is 10.0 Å². The fourth-order valence-electron chi connectivity index (χ4n) is 3.01. The number of fused-ring (bicyclic) bond motifs is 1. The number of carboxylic acids is 1. The molecule has 0 bridgehead atoms. The molecule has 0 radical (unpaired) electrons. The van der Waals surface area contributed by atoms with Gasteiger partial charge in [0.25, 0.3) is 0 Å². The zero-order chi connectivity index (χ0) is 17.1. The van der Waals surface area contributed by atoms with Crippen LogP contribution >= 0.6 is 0 Å². The maximum absolute atomic E-state index is 11.1. The van der Waals surface area contributed by atoms with Crippen LogP contribution in [-0.4, -0.2) is 22.4 Å². The van der Waals surface area contributed by atoms with Crippen molar-refractivity contribution in [2.75, 3.05) is 7.05 Å². The van der Waals surface area contributed by atoms with Gasteiger partial charge in [0.15, 0.2) is 0 Å². The highest BCUT2D eigenvalue weighted by molar-refractivity contribution is 5.68. The summed E-state index contributed by atoms with van der Waals surface area (Å²) in [7, 11) is 2.10. The van der Waals surface area contributed by atoms with Gasteiger partial charge in [-0.05, 0) is 18.6 Å². The number of carbonyl (C=O) groups excluding carboxylic acids is 1. The summed E-state index contributed by atoms with van der Waals surface area (Å²) in [6.45, 7) is 3.58. The molecule has 0 fully saturated rings. The molecule has 3 aromatic rings. The van der Waals surface area contributed by atoms with Crippen molar-refractivity contribution >= 4 is 11.6 Å². The highest BCUT2D eigenvalue weighted by atomic mass is 16.4. The van der Waals surface area contributed by atoms with Crippen LogP contribution in [0.1, 0.15) is 22.5 Å². The van der Waals surface area contributed by atoms with E-state index < -0.39 is 5.97 Å². The van der Waals surface area contributed by atoms with E-state index in [4.69, 9.17) is 0 Å². The number of carboxylic acid groups (broad SMARTS) is 1. The summed E-state index contributed by atoms with van der Waals surface area (Å²) in [6.07, 6.45) is 1.85. The number of aryl methyl sites for hydroxylation is 1. The van der Waals surface area contributed by atoms with E-state index >= 15 is 0 Å². The summed E-state index contributed by atoms with van der Waals surface area (Å²) in [5, 5.41) is 11.1. The molecule has 0 saturated carbocycles. The summed E-state index contributed by atoms with van der Waals surface area (Å²) in [6, 6.07) is 14.2. The van der Waals surface area contributed by atoms with Crippen molar-refractivity contribution in [2.24, 2.45) is 0 Å². The standard InChI is InChI=1S/C19H21N3O2/c1-14-8-9-18-20-16(10-19(23)24)17(22(18)11-14)13-21(2)12-15-6-4-3-5-7-15/h3-9,11H,10,12-13H2,1-2H3,(H,23,24). The quantitative estimate of drug-likeness (QED) is 0.702. The Kier molecular flexibility index (Phi) is 4.62. The lowest BCUT2D eigenvalue weighted by Gasteiger charge is -2.15. The second-order valence-corrected chi connectivity index (χ2v) is 6.28. The molecule has 0 saturated heterocycles. The van der Waals surface area contributed by atoms with Crippen LogP contribution in [-0.2, 0) is 24.3 Å². The molecule has 0 aliphatic rings. The van der Waals surface area contributed by atoms with Crippen LogP contribution in [0.25, 0.3) is 5.65 Å². The van der Waals surface area contributed by atoms with Gasteiger partial charge >= 0.3 is 0 Å². The number of pyridine rings is 1. The number of aliphatic carboxylic acids is 1. The van der Waals surface area contributed by atoms with E-state index in [1.54, 1.807) is 0 Å². The number of nitrogens with one attached hydrogen (secondary N) is 1. The van der Waals surface area contributed by atoms with Gasteiger partial charge in [-0.3, -0.25) is 4.40 Å². The molecule has 2 aromatic heterocycles. The van der Waals surface area contributed by atoms with Crippen LogP contribution in [0.5, 0.6) is 0 Å². The zero-order valence-corrected chi connectivity index (χ0v) is 14.0. The minimum atomic E-state index is -1.10. The van der Waals surface area contributed by atoms with Gasteiger partial charge in [0.05, 0.1) is 12.7 Å². The molecular formula is C19H21N3O2. The fourth-order valence-corrected chi connectivity index (χ4v) is 3.01. The lowest BCUT2D eigenvalue weighted by molar-refractivity contribution is -0.908. The third-order valence-electron chi connectivity index (χ3n) is 4.08. The van der Waals surface area contributed by atoms with Crippen molar-refractivity contribution in [1.82, 2.24) is 9.38 Å². The van der Waals surface area contributed by atoms with E-state index in [0.717, 1.165) is 23.4 Å². The predicted molar refractivity (Wildman–Crippen MR) is 89.4 cm³/mol. The molecule has 1 atom stereocenters. The number of hydrogen-bond donors (Lipinski definition) is 1. The molecule has 0 amide bonds. The average molecular weight is 323 g/mol. The van der Waals surface area contributed by atoms with Crippen LogP contribution in [0.3, 0.4) is 0 Å². The molecule has 124 valence electrons. The number of quaternary nitrogens is 1. The molecule has 1 N–H and O–H groups in total. The van der Waals surface area contributed by atoms with Crippen molar-refractivity contribution in [2.45, 2.75) is 26.4 Å². The van der Waals surface area contributed by atoms with Gasteiger partial charge in [0, 0.05) is 24.2 Å². The van der Waals surface area contributed by atoms with E-state index in [2.05, 4.69) is 24.2 Å². The molecule has 5 nitrogen and oxygen atoms in total. The summed E-state index contributed by atoms with van der Waals surface area (Å²) >= 11 is 0. The third kappa shape index (κ3) is 3.63.